The number of hydrogen-bond acceptors (Lipinski definition) is 2. The Morgan fingerprint density at radius 3 is 1.82 bits per heavy atom. The summed E-state index contributed by atoms with van der Waals surface area (Å²) in [6.45, 7) is 0. The molecule has 2 heterocycles. The van der Waals surface area contributed by atoms with Gasteiger partial charge < -0.3 is 13.9 Å². The second kappa shape index (κ2) is 15.7. The van der Waals surface area contributed by atoms with Gasteiger partial charge in [-0.3, -0.25) is 0 Å². The monoisotopic (exact) mass is 1010 g/mol. The van der Waals surface area contributed by atoms with Crippen LogP contribution in [-0.4, -0.2) is 4.57 Å². The summed E-state index contributed by atoms with van der Waals surface area (Å²) in [7, 11) is 0. The summed E-state index contributed by atoms with van der Waals surface area (Å²) in [6, 6.07) is 81.2. The zero-order chi connectivity index (χ0) is 40.3. The molecule has 0 aliphatic heterocycles. The third-order valence-corrected chi connectivity index (χ3v) is 12.0. The van der Waals surface area contributed by atoms with E-state index >= 15 is 0 Å². The van der Waals surface area contributed by atoms with Crippen LogP contribution in [0.2, 0.25) is 0 Å². The first-order valence-corrected chi connectivity index (χ1v) is 20.7. The first-order chi connectivity index (χ1) is 30.2. The smallest absolute Gasteiger partial charge is 0.454 e. The molecule has 0 unspecified atom stereocenters. The molecule has 3 nitrogen and oxygen atoms in total. The SMILES string of the molecule is [U+2].[c-]1c(-c2ccc(N(c3ccc(-c4cc5ccccc5c5ccccc45)cc3)c3cccc4c3oc3ccccc34)cc2)cccc1-c1[c-]n(-c2ccccc2)c2ccccc12. The van der Waals surface area contributed by atoms with Gasteiger partial charge in [0.15, 0.2) is 5.58 Å². The fraction of sp³-hybridized carbons (Fsp3) is 0. The second-order valence-electron chi connectivity index (χ2n) is 15.5. The Morgan fingerprint density at radius 2 is 1.03 bits per heavy atom. The molecule has 0 amide bonds. The third kappa shape index (κ3) is 6.43. The van der Waals surface area contributed by atoms with E-state index in [2.05, 4.69) is 222 Å². The molecule has 62 heavy (non-hydrogen) atoms. The molecule has 0 saturated heterocycles. The van der Waals surface area contributed by atoms with Crippen molar-refractivity contribution < 1.29 is 35.5 Å². The standard InChI is InChI=1S/C58H36N2O.U/c1-2-17-44(18-3-1)59-38-54(50-22-8-10-25-55(50)59)42-16-12-15-41(36-42)39-28-32-45(33-29-39)60(56-26-13-24-52-51-23-9-11-27-57(51)61-58(52)56)46-34-30-40(31-35-46)53-37-43-14-4-5-19-47(43)48-20-6-7-21-49(48)53;/h1-35,37H;/q-2;+2. The number of fused-ring (bicyclic) bond motifs is 7. The van der Waals surface area contributed by atoms with Crippen molar-refractivity contribution in [2.45, 2.75) is 0 Å². The van der Waals surface area contributed by atoms with Gasteiger partial charge in [0.25, 0.3) is 0 Å². The Bertz CT molecular complexity index is 3590. The van der Waals surface area contributed by atoms with Crippen molar-refractivity contribution in [3.8, 4) is 39.1 Å². The van der Waals surface area contributed by atoms with Gasteiger partial charge in [-0.2, -0.15) is 23.3 Å². The zero-order valence-electron chi connectivity index (χ0n) is 33.6. The van der Waals surface area contributed by atoms with Gasteiger partial charge in [0.1, 0.15) is 5.58 Å². The normalized spacial score (nSPS) is 11.4. The summed E-state index contributed by atoms with van der Waals surface area (Å²) in [5.74, 6) is 0. The molecule has 10 aromatic carbocycles. The van der Waals surface area contributed by atoms with Gasteiger partial charge in [-0.25, -0.2) is 0 Å². The number of aromatic nitrogens is 1. The predicted octanol–water partition coefficient (Wildman–Crippen LogP) is 15.9. The zero-order valence-corrected chi connectivity index (χ0v) is 37.8. The van der Waals surface area contributed by atoms with Crippen molar-refractivity contribution in [1.82, 2.24) is 4.57 Å². The molecule has 288 valence electrons. The van der Waals surface area contributed by atoms with Gasteiger partial charge in [-0.15, -0.1) is 29.1 Å². The average Bonchev–Trinajstić information content (AvgIpc) is 3.92. The van der Waals surface area contributed by atoms with E-state index in [-0.39, 0.29) is 31.1 Å². The van der Waals surface area contributed by atoms with Crippen LogP contribution >= 0.6 is 0 Å². The van der Waals surface area contributed by atoms with Gasteiger partial charge in [-0.05, 0) is 80.8 Å². The van der Waals surface area contributed by atoms with Crippen LogP contribution in [-0.2, 0) is 0 Å². The Kier molecular flexibility index (Phi) is 9.62. The molecule has 0 radical (unpaired) electrons. The Morgan fingerprint density at radius 1 is 0.435 bits per heavy atom. The van der Waals surface area contributed by atoms with E-state index in [1.807, 2.05) is 18.2 Å². The number of hydrogen-bond donors (Lipinski definition) is 0. The molecule has 0 aliphatic rings. The van der Waals surface area contributed by atoms with Crippen LogP contribution in [0, 0.1) is 43.4 Å². The molecule has 4 heteroatoms. The largest absolute Gasteiger partial charge is 2.00 e. The van der Waals surface area contributed by atoms with Gasteiger partial charge >= 0.3 is 31.1 Å². The van der Waals surface area contributed by atoms with Crippen LogP contribution in [0.3, 0.4) is 0 Å². The van der Waals surface area contributed by atoms with E-state index in [0.29, 0.717) is 0 Å². The van der Waals surface area contributed by atoms with Crippen molar-refractivity contribution in [1.29, 1.82) is 0 Å². The van der Waals surface area contributed by atoms with Crippen molar-refractivity contribution in [2.75, 3.05) is 4.90 Å². The molecule has 0 atom stereocenters. The van der Waals surface area contributed by atoms with Gasteiger partial charge in [0.2, 0.25) is 0 Å². The molecule has 12 aromatic rings. The topological polar surface area (TPSA) is 21.3 Å². The number of anilines is 3. The molecule has 0 bridgehead atoms. The summed E-state index contributed by atoms with van der Waals surface area (Å²) in [5.41, 5.74) is 13.5. The molecule has 0 saturated carbocycles. The molecule has 12 rings (SSSR count). The number of rotatable bonds is 7. The van der Waals surface area contributed by atoms with Gasteiger partial charge in [0.05, 0.1) is 5.69 Å². The van der Waals surface area contributed by atoms with Gasteiger partial charge in [0, 0.05) is 22.1 Å². The molecule has 0 fully saturated rings. The van der Waals surface area contributed by atoms with E-state index in [1.165, 1.54) is 32.7 Å². The number of furan rings is 1. The maximum Gasteiger partial charge on any atom is 2.00 e. The first kappa shape index (κ1) is 37.9. The van der Waals surface area contributed by atoms with Crippen LogP contribution in [0.4, 0.5) is 17.1 Å². The molecular formula is C58H36N2OU. The molecule has 0 spiro atoms. The Hall–Kier alpha value is -7.09. The number of para-hydroxylation sites is 4. The van der Waals surface area contributed by atoms with E-state index < -0.39 is 0 Å². The van der Waals surface area contributed by atoms with Crippen LogP contribution in [0.25, 0.3) is 93.5 Å². The maximum absolute atomic E-state index is 6.65. The fourth-order valence-corrected chi connectivity index (χ4v) is 9.09. The Balaban J connectivity index is 0.00000432. The molecular weight excluding hydrogens is 979 g/mol. The molecule has 0 aliphatic carbocycles. The summed E-state index contributed by atoms with van der Waals surface area (Å²) in [5, 5.41) is 8.35. The molecule has 2 aromatic heterocycles. The number of nitrogens with zero attached hydrogens (tertiary/aromatic N) is 2. The minimum atomic E-state index is 0. The van der Waals surface area contributed by atoms with Crippen molar-refractivity contribution in [3.05, 3.63) is 231 Å². The second-order valence-corrected chi connectivity index (χ2v) is 15.5. The molecule has 0 N–H and O–H groups in total. The van der Waals surface area contributed by atoms with Crippen LogP contribution < -0.4 is 4.90 Å². The van der Waals surface area contributed by atoms with Crippen molar-refractivity contribution in [2.24, 2.45) is 0 Å². The quantitative estimate of drug-likeness (QED) is 0.117. The minimum absolute atomic E-state index is 0. The van der Waals surface area contributed by atoms with E-state index in [4.69, 9.17) is 4.42 Å². The van der Waals surface area contributed by atoms with Crippen LogP contribution in [0.1, 0.15) is 0 Å². The van der Waals surface area contributed by atoms with Gasteiger partial charge in [-0.1, -0.05) is 169 Å². The summed E-state index contributed by atoms with van der Waals surface area (Å²) < 4.78 is 8.79. The van der Waals surface area contributed by atoms with Crippen LogP contribution in [0.5, 0.6) is 0 Å². The summed E-state index contributed by atoms with van der Waals surface area (Å²) >= 11 is 0. The predicted molar refractivity (Wildman–Crippen MR) is 254 cm³/mol. The van der Waals surface area contributed by atoms with E-state index in [0.717, 1.165) is 77.8 Å². The fourth-order valence-electron chi connectivity index (χ4n) is 9.09. The average molecular weight is 1010 g/mol. The van der Waals surface area contributed by atoms with Crippen molar-refractivity contribution in [3.63, 3.8) is 0 Å². The third-order valence-electron chi connectivity index (χ3n) is 12.0. The van der Waals surface area contributed by atoms with Crippen molar-refractivity contribution >= 4 is 71.4 Å². The number of benzene rings is 10. The summed E-state index contributed by atoms with van der Waals surface area (Å²) in [4.78, 5) is 2.31. The Labute approximate surface area is 383 Å². The first-order valence-electron chi connectivity index (χ1n) is 20.7. The van der Waals surface area contributed by atoms with E-state index in [1.54, 1.807) is 0 Å². The minimum Gasteiger partial charge on any atom is -0.454 e. The van der Waals surface area contributed by atoms with Crippen LogP contribution in [0.15, 0.2) is 223 Å². The maximum atomic E-state index is 6.65. The van der Waals surface area contributed by atoms with E-state index in [9.17, 15) is 0 Å². The summed E-state index contributed by atoms with van der Waals surface area (Å²) in [6.07, 6.45) is 3.69.